The molecular weight excluding hydrogens is 390 g/mol. The first-order valence-corrected chi connectivity index (χ1v) is 9.55. The Morgan fingerprint density at radius 3 is 2.67 bits per heavy atom. The van der Waals surface area contributed by atoms with Gasteiger partial charge in [-0.05, 0) is 36.6 Å². The number of anilines is 2. The van der Waals surface area contributed by atoms with Crippen molar-refractivity contribution in [1.29, 1.82) is 0 Å². The van der Waals surface area contributed by atoms with Crippen molar-refractivity contribution in [1.82, 2.24) is 9.55 Å². The molecule has 1 aliphatic heterocycles. The number of hydrogen-bond acceptors (Lipinski definition) is 3. The predicted octanol–water partition coefficient (Wildman–Crippen LogP) is 3.37. The first kappa shape index (κ1) is 19.8. The van der Waals surface area contributed by atoms with Crippen LogP contribution in [0.4, 0.5) is 20.3 Å². The lowest BCUT2D eigenvalue weighted by atomic mass is 9.99. The van der Waals surface area contributed by atoms with Gasteiger partial charge in [0, 0.05) is 24.5 Å². The van der Waals surface area contributed by atoms with Crippen molar-refractivity contribution >= 4 is 23.3 Å². The van der Waals surface area contributed by atoms with E-state index in [2.05, 4.69) is 10.3 Å². The highest BCUT2D eigenvalue weighted by Crippen LogP contribution is 2.28. The van der Waals surface area contributed by atoms with Crippen molar-refractivity contribution in [3.8, 4) is 0 Å². The van der Waals surface area contributed by atoms with Gasteiger partial charge in [-0.3, -0.25) is 9.59 Å². The van der Waals surface area contributed by atoms with Gasteiger partial charge in [-0.25, -0.2) is 13.8 Å². The Morgan fingerprint density at radius 1 is 1.17 bits per heavy atom. The summed E-state index contributed by atoms with van der Waals surface area (Å²) in [5.41, 5.74) is 1.72. The number of carbonyl (C=O) groups is 2. The largest absolute Gasteiger partial charge is 0.331 e. The van der Waals surface area contributed by atoms with Crippen molar-refractivity contribution < 1.29 is 18.4 Å². The fourth-order valence-electron chi connectivity index (χ4n) is 3.66. The van der Waals surface area contributed by atoms with Gasteiger partial charge in [0.05, 0.1) is 12.9 Å². The first-order chi connectivity index (χ1) is 14.4. The maximum Gasteiger partial charge on any atom is 0.239 e. The van der Waals surface area contributed by atoms with Gasteiger partial charge >= 0.3 is 0 Å². The minimum Gasteiger partial charge on any atom is -0.331 e. The Kier molecular flexibility index (Phi) is 5.31. The summed E-state index contributed by atoms with van der Waals surface area (Å²) >= 11 is 0. The van der Waals surface area contributed by atoms with Gasteiger partial charge in [-0.2, -0.15) is 0 Å². The highest BCUT2D eigenvalue weighted by atomic mass is 19.1. The van der Waals surface area contributed by atoms with Crippen LogP contribution < -0.4 is 10.2 Å². The van der Waals surface area contributed by atoms with Crippen LogP contribution in [0.15, 0.2) is 55.0 Å². The van der Waals surface area contributed by atoms with E-state index in [1.165, 1.54) is 40.2 Å². The lowest BCUT2D eigenvalue weighted by molar-refractivity contribution is -0.130. The van der Waals surface area contributed by atoms with Gasteiger partial charge in [0.15, 0.2) is 5.82 Å². The standard InChI is InChI=1S/C22H20F2N4O2/c1-27-19-8-3-2-5-14(19)9-10-15(22(27)30)21(29)26-20-12-28(13-25-20)11-16-17(23)6-4-7-18(16)24/h2-8,12-13,15H,9-11H2,1H3,(H,26,29). The van der Waals surface area contributed by atoms with Gasteiger partial charge in [-0.15, -0.1) is 0 Å². The molecule has 154 valence electrons. The van der Waals surface area contributed by atoms with E-state index >= 15 is 0 Å². The number of amides is 2. The molecule has 0 bridgehead atoms. The molecule has 1 unspecified atom stereocenters. The SMILES string of the molecule is CN1C(=O)C(C(=O)Nc2cn(Cc3c(F)cccc3F)cn2)CCc2ccccc21. The van der Waals surface area contributed by atoms with E-state index in [9.17, 15) is 18.4 Å². The number of hydrogen-bond donors (Lipinski definition) is 1. The molecule has 30 heavy (non-hydrogen) atoms. The second-order valence-electron chi connectivity index (χ2n) is 7.24. The lowest BCUT2D eigenvalue weighted by Crippen LogP contribution is -2.38. The average Bonchev–Trinajstić information content (AvgIpc) is 3.12. The Morgan fingerprint density at radius 2 is 1.90 bits per heavy atom. The van der Waals surface area contributed by atoms with Gasteiger partial charge in [-0.1, -0.05) is 24.3 Å². The van der Waals surface area contributed by atoms with Crippen LogP contribution in [0.3, 0.4) is 0 Å². The third kappa shape index (κ3) is 3.80. The van der Waals surface area contributed by atoms with Crippen molar-refractivity contribution in [2.45, 2.75) is 19.4 Å². The van der Waals surface area contributed by atoms with Crippen LogP contribution in [0, 0.1) is 17.6 Å². The monoisotopic (exact) mass is 410 g/mol. The number of benzene rings is 2. The number of rotatable bonds is 4. The number of nitrogens with zero attached hydrogens (tertiary/aromatic N) is 3. The van der Waals surface area contributed by atoms with Crippen LogP contribution in [0.1, 0.15) is 17.5 Å². The zero-order valence-corrected chi connectivity index (χ0v) is 16.3. The highest BCUT2D eigenvalue weighted by molar-refractivity contribution is 6.11. The molecule has 2 amide bonds. The van der Waals surface area contributed by atoms with Crippen molar-refractivity contribution in [3.05, 3.63) is 77.8 Å². The van der Waals surface area contributed by atoms with Crippen molar-refractivity contribution in [3.63, 3.8) is 0 Å². The normalized spacial score (nSPS) is 16.2. The molecule has 0 aliphatic carbocycles. The molecule has 1 N–H and O–H groups in total. The number of nitrogens with one attached hydrogen (secondary N) is 1. The Hall–Kier alpha value is -3.55. The molecule has 2 heterocycles. The summed E-state index contributed by atoms with van der Waals surface area (Å²) in [5.74, 6) is -2.68. The molecule has 3 aromatic rings. The zero-order chi connectivity index (χ0) is 21.3. The summed E-state index contributed by atoms with van der Waals surface area (Å²) in [5, 5.41) is 2.65. The molecule has 1 atom stereocenters. The fraction of sp³-hybridized carbons (Fsp3) is 0.227. The van der Waals surface area contributed by atoms with E-state index in [0.717, 1.165) is 11.3 Å². The number of halogens is 2. The molecule has 6 nitrogen and oxygen atoms in total. The Bertz CT molecular complexity index is 1090. The molecular formula is C22H20F2N4O2. The molecule has 8 heteroatoms. The van der Waals surface area contributed by atoms with Crippen LogP contribution in [0.5, 0.6) is 0 Å². The molecule has 0 fully saturated rings. The summed E-state index contributed by atoms with van der Waals surface area (Å²) in [7, 11) is 1.66. The van der Waals surface area contributed by atoms with Crippen molar-refractivity contribution in [2.24, 2.45) is 5.92 Å². The van der Waals surface area contributed by atoms with Crippen LogP contribution in [-0.2, 0) is 22.6 Å². The molecule has 0 saturated heterocycles. The summed E-state index contributed by atoms with van der Waals surface area (Å²) in [6.45, 7) is -0.0677. The van der Waals surface area contributed by atoms with E-state index in [1.807, 2.05) is 24.3 Å². The van der Waals surface area contributed by atoms with E-state index < -0.39 is 23.5 Å². The molecule has 1 aliphatic rings. The third-order valence-electron chi connectivity index (χ3n) is 5.29. The maximum absolute atomic E-state index is 13.8. The van der Waals surface area contributed by atoms with Gasteiger partial charge in [0.1, 0.15) is 17.6 Å². The predicted molar refractivity (Wildman–Crippen MR) is 108 cm³/mol. The topological polar surface area (TPSA) is 67.2 Å². The number of para-hydroxylation sites is 1. The molecule has 4 rings (SSSR count). The molecule has 2 aromatic carbocycles. The van der Waals surface area contributed by atoms with Crippen LogP contribution >= 0.6 is 0 Å². The van der Waals surface area contributed by atoms with Crippen LogP contribution in [0.25, 0.3) is 0 Å². The summed E-state index contributed by atoms with van der Waals surface area (Å²) in [4.78, 5) is 31.2. The second-order valence-corrected chi connectivity index (χ2v) is 7.24. The lowest BCUT2D eigenvalue weighted by Gasteiger charge is -2.20. The first-order valence-electron chi connectivity index (χ1n) is 9.55. The van der Waals surface area contributed by atoms with Crippen LogP contribution in [-0.4, -0.2) is 28.4 Å². The zero-order valence-electron chi connectivity index (χ0n) is 16.3. The van der Waals surface area contributed by atoms with E-state index in [1.54, 1.807) is 7.05 Å². The quantitative estimate of drug-likeness (QED) is 0.671. The van der Waals surface area contributed by atoms with Crippen LogP contribution in [0.2, 0.25) is 0 Å². The number of fused-ring (bicyclic) bond motifs is 1. The summed E-state index contributed by atoms with van der Waals surface area (Å²) < 4.78 is 29.1. The van der Waals surface area contributed by atoms with Gasteiger partial charge in [0.25, 0.3) is 0 Å². The second kappa shape index (κ2) is 8.06. The third-order valence-corrected chi connectivity index (χ3v) is 5.29. The number of imidazole rings is 1. The van der Waals surface area contributed by atoms with E-state index in [0.29, 0.717) is 12.8 Å². The summed E-state index contributed by atoms with van der Waals surface area (Å²) in [6, 6.07) is 11.2. The van der Waals surface area contributed by atoms with E-state index in [-0.39, 0.29) is 23.8 Å². The fourth-order valence-corrected chi connectivity index (χ4v) is 3.66. The van der Waals surface area contributed by atoms with Crippen molar-refractivity contribution in [2.75, 3.05) is 17.3 Å². The summed E-state index contributed by atoms with van der Waals surface area (Å²) in [6.07, 6.45) is 3.83. The highest BCUT2D eigenvalue weighted by Gasteiger charge is 2.33. The number of carbonyl (C=O) groups excluding carboxylic acids is 2. The van der Waals surface area contributed by atoms with E-state index in [4.69, 9.17) is 0 Å². The minimum absolute atomic E-state index is 0.0677. The Balaban J connectivity index is 1.47. The Labute approximate surface area is 172 Å². The smallest absolute Gasteiger partial charge is 0.239 e. The van der Waals surface area contributed by atoms with Gasteiger partial charge in [0.2, 0.25) is 11.8 Å². The number of aromatic nitrogens is 2. The molecule has 0 saturated carbocycles. The average molecular weight is 410 g/mol. The molecule has 1 aromatic heterocycles. The molecule has 0 spiro atoms. The minimum atomic E-state index is -0.850. The van der Waals surface area contributed by atoms with Gasteiger partial charge < -0.3 is 14.8 Å². The molecule has 0 radical (unpaired) electrons. The maximum atomic E-state index is 13.8. The number of aryl methyl sites for hydroxylation is 1.